The molecule has 2 heterocycles. The number of hydrogen-bond acceptors (Lipinski definition) is 7. The van der Waals surface area contributed by atoms with Gasteiger partial charge in [-0.3, -0.25) is 4.79 Å². The second-order valence-electron chi connectivity index (χ2n) is 5.22. The standard InChI is InChI=1S/C15H14BrN3O4S3/c1-19(26(21,22)14-6-5-12(16)25-14)8-13(20)18-15-17-10-4-3-9(23-2)7-11(10)24-15/h3-7H,8H2,1-2H3,(H,17,18,20). The Bertz CT molecular complexity index is 1060. The van der Waals surface area contributed by atoms with Crippen molar-refractivity contribution in [3.63, 3.8) is 0 Å². The lowest BCUT2D eigenvalue weighted by molar-refractivity contribution is -0.116. The summed E-state index contributed by atoms with van der Waals surface area (Å²) in [6.45, 7) is -0.308. The van der Waals surface area contributed by atoms with Crippen molar-refractivity contribution in [2.24, 2.45) is 0 Å². The Morgan fingerprint density at radius 2 is 2.08 bits per heavy atom. The Kier molecular flexibility index (Phi) is 5.63. The number of halogens is 1. The molecule has 2 aromatic heterocycles. The van der Waals surface area contributed by atoms with E-state index in [1.165, 1.54) is 24.5 Å². The molecule has 0 aliphatic carbocycles. The number of anilines is 1. The Morgan fingerprint density at radius 3 is 2.73 bits per heavy atom. The summed E-state index contributed by atoms with van der Waals surface area (Å²) in [5.41, 5.74) is 0.732. The van der Waals surface area contributed by atoms with E-state index in [2.05, 4.69) is 26.2 Å². The number of ether oxygens (including phenoxy) is 1. The first-order valence-electron chi connectivity index (χ1n) is 7.25. The molecule has 0 saturated heterocycles. The van der Waals surface area contributed by atoms with Crippen LogP contribution in [-0.2, 0) is 14.8 Å². The summed E-state index contributed by atoms with van der Waals surface area (Å²) in [5, 5.41) is 3.05. The molecule has 3 aromatic rings. The van der Waals surface area contributed by atoms with Crippen LogP contribution >= 0.6 is 38.6 Å². The Morgan fingerprint density at radius 1 is 1.31 bits per heavy atom. The zero-order valence-corrected chi connectivity index (χ0v) is 17.8. The molecule has 0 saturated carbocycles. The zero-order valence-electron chi connectivity index (χ0n) is 13.7. The van der Waals surface area contributed by atoms with Crippen LogP contribution < -0.4 is 10.1 Å². The van der Waals surface area contributed by atoms with Gasteiger partial charge in [-0.25, -0.2) is 13.4 Å². The van der Waals surface area contributed by atoms with Crippen LogP contribution in [-0.4, -0.2) is 44.3 Å². The number of methoxy groups -OCH3 is 1. The van der Waals surface area contributed by atoms with Crippen molar-refractivity contribution in [3.8, 4) is 5.75 Å². The Labute approximate surface area is 166 Å². The predicted octanol–water partition coefficient (Wildman–Crippen LogP) is 3.39. The number of benzene rings is 1. The van der Waals surface area contributed by atoms with Gasteiger partial charge in [0.05, 0.1) is 27.7 Å². The highest BCUT2D eigenvalue weighted by Crippen LogP contribution is 2.30. The topological polar surface area (TPSA) is 88.6 Å². The minimum atomic E-state index is -3.71. The molecule has 3 rings (SSSR count). The normalized spacial score (nSPS) is 11.8. The number of nitrogens with zero attached hydrogens (tertiary/aromatic N) is 2. The monoisotopic (exact) mass is 475 g/mol. The molecule has 1 aromatic carbocycles. The van der Waals surface area contributed by atoms with Gasteiger partial charge in [-0.15, -0.1) is 11.3 Å². The van der Waals surface area contributed by atoms with Gasteiger partial charge in [-0.2, -0.15) is 4.31 Å². The van der Waals surface area contributed by atoms with Gasteiger partial charge < -0.3 is 10.1 Å². The first-order chi connectivity index (χ1) is 12.3. The van der Waals surface area contributed by atoms with E-state index in [0.717, 1.165) is 25.9 Å². The van der Waals surface area contributed by atoms with Crippen molar-refractivity contribution in [2.75, 3.05) is 26.0 Å². The molecule has 11 heteroatoms. The second kappa shape index (κ2) is 7.61. The van der Waals surface area contributed by atoms with Crippen LogP contribution in [0.25, 0.3) is 10.2 Å². The molecular weight excluding hydrogens is 462 g/mol. The summed E-state index contributed by atoms with van der Waals surface area (Å²) >= 11 is 5.62. The van der Waals surface area contributed by atoms with Gasteiger partial charge in [0.25, 0.3) is 10.0 Å². The third-order valence-electron chi connectivity index (χ3n) is 3.42. The van der Waals surface area contributed by atoms with Gasteiger partial charge in [-0.05, 0) is 46.3 Å². The van der Waals surface area contributed by atoms with Gasteiger partial charge in [0.1, 0.15) is 9.96 Å². The zero-order chi connectivity index (χ0) is 18.9. The number of rotatable bonds is 6. The number of likely N-dealkylation sites (N-methyl/N-ethyl adjacent to an activating group) is 1. The number of nitrogens with one attached hydrogen (secondary N) is 1. The van der Waals surface area contributed by atoms with Gasteiger partial charge in [0.2, 0.25) is 5.91 Å². The van der Waals surface area contributed by atoms with E-state index in [4.69, 9.17) is 4.74 Å². The van der Waals surface area contributed by atoms with E-state index >= 15 is 0 Å². The summed E-state index contributed by atoms with van der Waals surface area (Å²) in [7, 11) is -0.768. The molecule has 0 unspecified atom stereocenters. The summed E-state index contributed by atoms with van der Waals surface area (Å²) in [5.74, 6) is 0.240. The number of hydrogen-bond donors (Lipinski definition) is 1. The van der Waals surface area contributed by atoms with Crippen molar-refractivity contribution in [1.29, 1.82) is 0 Å². The van der Waals surface area contributed by atoms with Gasteiger partial charge in [0, 0.05) is 7.05 Å². The van der Waals surface area contributed by atoms with E-state index < -0.39 is 15.9 Å². The molecular formula is C15H14BrN3O4S3. The minimum absolute atomic E-state index is 0.173. The lowest BCUT2D eigenvalue weighted by Gasteiger charge is -2.14. The molecule has 0 atom stereocenters. The maximum atomic E-state index is 12.5. The fraction of sp³-hybridized carbons (Fsp3) is 0.200. The number of aromatic nitrogens is 1. The Hall–Kier alpha value is -1.53. The molecule has 0 aliphatic heterocycles. The van der Waals surface area contributed by atoms with Crippen molar-refractivity contribution in [1.82, 2.24) is 9.29 Å². The smallest absolute Gasteiger partial charge is 0.252 e. The van der Waals surface area contributed by atoms with E-state index in [1.807, 2.05) is 6.07 Å². The molecule has 0 fully saturated rings. The van der Waals surface area contributed by atoms with Crippen molar-refractivity contribution in [3.05, 3.63) is 34.1 Å². The van der Waals surface area contributed by atoms with Crippen LogP contribution in [0.4, 0.5) is 5.13 Å². The number of carbonyl (C=O) groups is 1. The molecule has 7 nitrogen and oxygen atoms in total. The highest BCUT2D eigenvalue weighted by atomic mass is 79.9. The maximum absolute atomic E-state index is 12.5. The third kappa shape index (κ3) is 4.07. The molecule has 0 spiro atoms. The average molecular weight is 476 g/mol. The first-order valence-corrected chi connectivity index (χ1v) is 11.1. The molecule has 0 aliphatic rings. The summed E-state index contributed by atoms with van der Waals surface area (Å²) in [4.78, 5) is 16.5. The largest absolute Gasteiger partial charge is 0.497 e. The number of fused-ring (bicyclic) bond motifs is 1. The van der Waals surface area contributed by atoms with E-state index in [-0.39, 0.29) is 10.8 Å². The van der Waals surface area contributed by atoms with Gasteiger partial charge >= 0.3 is 0 Å². The van der Waals surface area contributed by atoms with Crippen LogP contribution in [0.2, 0.25) is 0 Å². The highest BCUT2D eigenvalue weighted by molar-refractivity contribution is 9.11. The highest BCUT2D eigenvalue weighted by Gasteiger charge is 2.25. The lowest BCUT2D eigenvalue weighted by Crippen LogP contribution is -2.34. The van der Waals surface area contributed by atoms with Gasteiger partial charge in [-0.1, -0.05) is 11.3 Å². The number of carbonyl (C=O) groups excluding carboxylic acids is 1. The number of sulfonamides is 1. The first kappa shape index (κ1) is 19.2. The second-order valence-corrected chi connectivity index (χ2v) is 11.0. The Balaban J connectivity index is 1.70. The maximum Gasteiger partial charge on any atom is 0.252 e. The molecule has 138 valence electrons. The molecule has 0 radical (unpaired) electrons. The molecule has 0 bridgehead atoms. The minimum Gasteiger partial charge on any atom is -0.497 e. The fourth-order valence-electron chi connectivity index (χ4n) is 2.12. The van der Waals surface area contributed by atoms with Crippen LogP contribution in [0.3, 0.4) is 0 Å². The van der Waals surface area contributed by atoms with Crippen LogP contribution in [0.15, 0.2) is 38.3 Å². The lowest BCUT2D eigenvalue weighted by atomic mass is 10.3. The van der Waals surface area contributed by atoms with E-state index in [0.29, 0.717) is 14.7 Å². The van der Waals surface area contributed by atoms with Crippen molar-refractivity contribution in [2.45, 2.75) is 4.21 Å². The third-order valence-corrected chi connectivity index (χ3v) is 8.25. The number of thiophene rings is 1. The fourth-order valence-corrected chi connectivity index (χ4v) is 6.38. The van der Waals surface area contributed by atoms with Crippen LogP contribution in [0.1, 0.15) is 0 Å². The average Bonchev–Trinajstić information content (AvgIpc) is 3.19. The molecule has 1 N–H and O–H groups in total. The van der Waals surface area contributed by atoms with E-state index in [1.54, 1.807) is 25.3 Å². The summed E-state index contributed by atoms with van der Waals surface area (Å²) in [6.07, 6.45) is 0. The molecule has 1 amide bonds. The van der Waals surface area contributed by atoms with Crippen molar-refractivity contribution < 1.29 is 17.9 Å². The summed E-state index contributed by atoms with van der Waals surface area (Å²) < 4.78 is 32.8. The van der Waals surface area contributed by atoms with Crippen LogP contribution in [0.5, 0.6) is 5.75 Å². The number of amides is 1. The van der Waals surface area contributed by atoms with E-state index in [9.17, 15) is 13.2 Å². The predicted molar refractivity (Wildman–Crippen MR) is 107 cm³/mol. The summed E-state index contributed by atoms with van der Waals surface area (Å²) in [6, 6.07) is 8.56. The van der Waals surface area contributed by atoms with Gasteiger partial charge in [0.15, 0.2) is 5.13 Å². The SMILES string of the molecule is COc1ccc2nc(NC(=O)CN(C)S(=O)(=O)c3ccc(Br)s3)sc2c1. The molecule has 26 heavy (non-hydrogen) atoms. The quantitative estimate of drug-likeness (QED) is 0.589. The van der Waals surface area contributed by atoms with Crippen LogP contribution in [0, 0.1) is 0 Å². The van der Waals surface area contributed by atoms with Crippen molar-refractivity contribution >= 4 is 69.9 Å². The number of thiazole rings is 1.